The van der Waals surface area contributed by atoms with Crippen LogP contribution in [0.2, 0.25) is 0 Å². The van der Waals surface area contributed by atoms with E-state index in [0.717, 1.165) is 10.2 Å². The van der Waals surface area contributed by atoms with E-state index in [-0.39, 0.29) is 5.91 Å². The summed E-state index contributed by atoms with van der Waals surface area (Å²) in [6, 6.07) is 5.27. The predicted molar refractivity (Wildman–Crippen MR) is 65.3 cm³/mol. The van der Waals surface area contributed by atoms with E-state index >= 15 is 0 Å². The average Bonchev–Trinajstić information content (AvgIpc) is 2.59. The van der Waals surface area contributed by atoms with Crippen molar-refractivity contribution in [3.8, 4) is 0 Å². The normalized spacial score (nSPS) is 10.1. The number of pyridine rings is 1. The third kappa shape index (κ3) is 2.30. The van der Waals surface area contributed by atoms with E-state index in [2.05, 4.69) is 26.2 Å². The maximum absolute atomic E-state index is 11.9. The van der Waals surface area contributed by atoms with E-state index in [1.165, 1.54) is 0 Å². The molecule has 0 saturated heterocycles. The minimum atomic E-state index is -0.139. The van der Waals surface area contributed by atoms with Gasteiger partial charge in [-0.05, 0) is 34.1 Å². The number of rotatable bonds is 2. The van der Waals surface area contributed by atoms with E-state index in [1.807, 2.05) is 13.2 Å². The average molecular weight is 280 g/mol. The number of amides is 1. The van der Waals surface area contributed by atoms with Crippen molar-refractivity contribution in [1.82, 2.24) is 9.55 Å². The second kappa shape index (κ2) is 4.49. The molecule has 2 aromatic heterocycles. The summed E-state index contributed by atoms with van der Waals surface area (Å²) in [7, 11) is 1.83. The third-order valence-corrected chi connectivity index (χ3v) is 2.58. The number of nitrogens with zero attached hydrogens (tertiary/aromatic N) is 2. The Hall–Kier alpha value is -1.62. The Morgan fingerprint density at radius 3 is 2.69 bits per heavy atom. The van der Waals surface area contributed by atoms with Crippen LogP contribution in [0.15, 0.2) is 41.3 Å². The number of nitrogens with one attached hydrogen (secondary N) is 1. The van der Waals surface area contributed by atoms with E-state index < -0.39 is 0 Å². The van der Waals surface area contributed by atoms with E-state index in [1.54, 1.807) is 35.2 Å². The number of carbonyl (C=O) groups excluding carboxylic acids is 1. The van der Waals surface area contributed by atoms with Crippen LogP contribution in [0.4, 0.5) is 5.69 Å². The summed E-state index contributed by atoms with van der Waals surface area (Å²) >= 11 is 3.33. The van der Waals surface area contributed by atoms with Crippen molar-refractivity contribution >= 4 is 27.5 Å². The molecular formula is C11H10BrN3O. The molecule has 0 aliphatic heterocycles. The first-order chi connectivity index (χ1) is 7.66. The molecule has 0 aliphatic rings. The quantitative estimate of drug-likeness (QED) is 0.918. The minimum absolute atomic E-state index is 0.139. The topological polar surface area (TPSA) is 46.9 Å². The Morgan fingerprint density at radius 1 is 1.44 bits per heavy atom. The van der Waals surface area contributed by atoms with Gasteiger partial charge in [0.1, 0.15) is 5.69 Å². The summed E-state index contributed by atoms with van der Waals surface area (Å²) in [4.78, 5) is 15.8. The fraction of sp³-hybridized carbons (Fsp3) is 0.0909. The van der Waals surface area contributed by atoms with Crippen LogP contribution in [0.1, 0.15) is 10.5 Å². The van der Waals surface area contributed by atoms with Crippen molar-refractivity contribution in [2.45, 2.75) is 0 Å². The Kier molecular flexibility index (Phi) is 3.05. The molecule has 0 radical (unpaired) electrons. The lowest BCUT2D eigenvalue weighted by atomic mass is 10.3. The number of carbonyl (C=O) groups is 1. The third-order valence-electron chi connectivity index (χ3n) is 2.14. The van der Waals surface area contributed by atoms with Gasteiger partial charge >= 0.3 is 0 Å². The zero-order valence-electron chi connectivity index (χ0n) is 8.64. The summed E-state index contributed by atoms with van der Waals surface area (Å²) in [5, 5.41) is 2.79. The Balaban J connectivity index is 2.18. The summed E-state index contributed by atoms with van der Waals surface area (Å²) in [5.41, 5.74) is 1.33. The van der Waals surface area contributed by atoms with Crippen molar-refractivity contribution in [2.75, 3.05) is 5.32 Å². The lowest BCUT2D eigenvalue weighted by Crippen LogP contribution is -2.15. The van der Waals surface area contributed by atoms with Gasteiger partial charge in [-0.1, -0.05) is 0 Å². The smallest absolute Gasteiger partial charge is 0.272 e. The molecule has 0 bridgehead atoms. The van der Waals surface area contributed by atoms with Crippen LogP contribution in [0.3, 0.4) is 0 Å². The fourth-order valence-electron chi connectivity index (χ4n) is 1.38. The van der Waals surface area contributed by atoms with Crippen molar-refractivity contribution in [1.29, 1.82) is 0 Å². The molecule has 0 aliphatic carbocycles. The molecule has 4 nitrogen and oxygen atoms in total. The summed E-state index contributed by atoms with van der Waals surface area (Å²) in [6.07, 6.45) is 5.11. The maximum Gasteiger partial charge on any atom is 0.272 e. The van der Waals surface area contributed by atoms with Crippen LogP contribution in [0.25, 0.3) is 0 Å². The summed E-state index contributed by atoms with van der Waals surface area (Å²) in [5.74, 6) is -0.139. The van der Waals surface area contributed by atoms with Crippen LogP contribution in [-0.2, 0) is 7.05 Å². The zero-order valence-corrected chi connectivity index (χ0v) is 10.2. The van der Waals surface area contributed by atoms with Gasteiger partial charge in [-0.2, -0.15) is 0 Å². The molecule has 0 saturated carbocycles. The molecule has 82 valence electrons. The molecule has 0 unspecified atom stereocenters. The van der Waals surface area contributed by atoms with Gasteiger partial charge in [0.25, 0.3) is 5.91 Å². The van der Waals surface area contributed by atoms with E-state index in [9.17, 15) is 4.79 Å². The highest BCUT2D eigenvalue weighted by atomic mass is 79.9. The van der Waals surface area contributed by atoms with Crippen LogP contribution < -0.4 is 5.32 Å². The molecule has 16 heavy (non-hydrogen) atoms. The molecule has 0 spiro atoms. The second-order valence-corrected chi connectivity index (χ2v) is 4.26. The highest BCUT2D eigenvalue weighted by Crippen LogP contribution is 2.15. The lowest BCUT2D eigenvalue weighted by molar-refractivity contribution is 0.101. The van der Waals surface area contributed by atoms with Crippen molar-refractivity contribution in [3.63, 3.8) is 0 Å². The zero-order chi connectivity index (χ0) is 11.5. The molecule has 2 heterocycles. The SMILES string of the molecule is Cn1cc(Br)cc1C(=O)Nc1ccncc1. The Morgan fingerprint density at radius 2 is 2.12 bits per heavy atom. The van der Waals surface area contributed by atoms with Gasteiger partial charge in [0.05, 0.1) is 0 Å². The number of hydrogen-bond acceptors (Lipinski definition) is 2. The van der Waals surface area contributed by atoms with Gasteiger partial charge in [-0.15, -0.1) is 0 Å². The molecule has 5 heteroatoms. The Bertz CT molecular complexity index is 507. The molecule has 0 aromatic carbocycles. The monoisotopic (exact) mass is 279 g/mol. The Labute approximate surface area is 101 Å². The van der Waals surface area contributed by atoms with Gasteiger partial charge in [0.2, 0.25) is 0 Å². The van der Waals surface area contributed by atoms with Gasteiger partial charge < -0.3 is 9.88 Å². The number of aryl methyl sites for hydroxylation is 1. The standard InChI is InChI=1S/C11H10BrN3O/c1-15-7-8(12)6-10(15)11(16)14-9-2-4-13-5-3-9/h2-7H,1H3,(H,13,14,16). The van der Waals surface area contributed by atoms with Gasteiger partial charge in [0, 0.05) is 35.8 Å². The molecule has 2 aromatic rings. The first-order valence-corrected chi connectivity index (χ1v) is 5.49. The van der Waals surface area contributed by atoms with Gasteiger partial charge in [-0.3, -0.25) is 9.78 Å². The molecule has 2 rings (SSSR count). The largest absolute Gasteiger partial charge is 0.345 e. The van der Waals surface area contributed by atoms with Crippen molar-refractivity contribution < 1.29 is 4.79 Å². The molecule has 0 atom stereocenters. The summed E-state index contributed by atoms with van der Waals surface area (Å²) < 4.78 is 2.65. The lowest BCUT2D eigenvalue weighted by Gasteiger charge is -2.04. The van der Waals surface area contributed by atoms with Gasteiger partial charge in [0.15, 0.2) is 0 Å². The van der Waals surface area contributed by atoms with Crippen molar-refractivity contribution in [2.24, 2.45) is 7.05 Å². The van der Waals surface area contributed by atoms with E-state index in [0.29, 0.717) is 5.69 Å². The first-order valence-electron chi connectivity index (χ1n) is 4.70. The fourth-order valence-corrected chi connectivity index (χ4v) is 1.90. The number of hydrogen-bond donors (Lipinski definition) is 1. The summed E-state index contributed by atoms with van der Waals surface area (Å²) in [6.45, 7) is 0. The first kappa shape index (κ1) is 10.9. The minimum Gasteiger partial charge on any atom is -0.345 e. The van der Waals surface area contributed by atoms with Crippen molar-refractivity contribution in [3.05, 3.63) is 47.0 Å². The molecule has 1 N–H and O–H groups in total. The number of aromatic nitrogens is 2. The van der Waals surface area contributed by atoms with Gasteiger partial charge in [-0.25, -0.2) is 0 Å². The number of halogens is 1. The second-order valence-electron chi connectivity index (χ2n) is 3.34. The van der Waals surface area contributed by atoms with Crippen LogP contribution in [0.5, 0.6) is 0 Å². The molecule has 0 fully saturated rings. The van der Waals surface area contributed by atoms with Crippen LogP contribution >= 0.6 is 15.9 Å². The molecular weight excluding hydrogens is 270 g/mol. The predicted octanol–water partition coefficient (Wildman–Crippen LogP) is 2.43. The van der Waals surface area contributed by atoms with Crippen LogP contribution in [-0.4, -0.2) is 15.5 Å². The highest BCUT2D eigenvalue weighted by molar-refractivity contribution is 9.10. The highest BCUT2D eigenvalue weighted by Gasteiger charge is 2.10. The van der Waals surface area contributed by atoms with E-state index in [4.69, 9.17) is 0 Å². The molecule has 1 amide bonds. The maximum atomic E-state index is 11.9. The number of anilines is 1. The van der Waals surface area contributed by atoms with Crippen LogP contribution in [0, 0.1) is 0 Å².